The molecule has 0 radical (unpaired) electrons. The van der Waals surface area contributed by atoms with Crippen molar-refractivity contribution >= 4 is 6.29 Å². The molecule has 0 amide bonds. The Kier molecular flexibility index (Phi) is 2.64. The van der Waals surface area contributed by atoms with Crippen molar-refractivity contribution in [1.29, 1.82) is 0 Å². The molecule has 0 aliphatic heterocycles. The van der Waals surface area contributed by atoms with Gasteiger partial charge >= 0.3 is 6.18 Å². The molecule has 0 spiro atoms. The molecule has 1 heterocycles. The number of alkyl halides is 3. The molecule has 0 fully saturated rings. The summed E-state index contributed by atoms with van der Waals surface area (Å²) in [4.78, 5) is 10.4. The first-order chi connectivity index (χ1) is 6.36. The molecule has 0 aromatic carbocycles. The molecule has 14 heavy (non-hydrogen) atoms. The SMILES string of the molecule is CC(C)n1nc(C(F)(F)F)cc1C=O. The van der Waals surface area contributed by atoms with Crippen LogP contribution in [0.1, 0.15) is 36.1 Å². The van der Waals surface area contributed by atoms with Crippen LogP contribution < -0.4 is 0 Å². The summed E-state index contributed by atoms with van der Waals surface area (Å²) in [7, 11) is 0. The molecule has 1 rings (SSSR count). The fourth-order valence-corrected chi connectivity index (χ4v) is 1.05. The van der Waals surface area contributed by atoms with E-state index in [1.54, 1.807) is 13.8 Å². The summed E-state index contributed by atoms with van der Waals surface area (Å²) in [5.41, 5.74) is -1.10. The molecule has 78 valence electrons. The van der Waals surface area contributed by atoms with Crippen LogP contribution in [0.4, 0.5) is 13.2 Å². The van der Waals surface area contributed by atoms with Gasteiger partial charge in [0.25, 0.3) is 0 Å². The molecule has 0 N–H and O–H groups in total. The Bertz CT molecular complexity index is 341. The predicted octanol–water partition coefficient (Wildman–Crippen LogP) is 2.30. The monoisotopic (exact) mass is 206 g/mol. The first kappa shape index (κ1) is 10.7. The maximum Gasteiger partial charge on any atom is 0.435 e. The first-order valence-electron chi connectivity index (χ1n) is 3.98. The zero-order valence-corrected chi connectivity index (χ0v) is 7.67. The van der Waals surface area contributed by atoms with Crippen LogP contribution in [0.2, 0.25) is 0 Å². The Hall–Kier alpha value is -1.33. The van der Waals surface area contributed by atoms with Gasteiger partial charge in [-0.05, 0) is 19.9 Å². The van der Waals surface area contributed by atoms with Crippen molar-refractivity contribution < 1.29 is 18.0 Å². The van der Waals surface area contributed by atoms with Gasteiger partial charge in [0.1, 0.15) is 5.69 Å². The third kappa shape index (κ3) is 1.94. The van der Waals surface area contributed by atoms with Crippen molar-refractivity contribution in [1.82, 2.24) is 9.78 Å². The predicted molar refractivity (Wildman–Crippen MR) is 43.0 cm³/mol. The lowest BCUT2D eigenvalue weighted by molar-refractivity contribution is -0.141. The van der Waals surface area contributed by atoms with Gasteiger partial charge in [0, 0.05) is 6.04 Å². The minimum atomic E-state index is -4.50. The second-order valence-electron chi connectivity index (χ2n) is 3.11. The van der Waals surface area contributed by atoms with Crippen LogP contribution in [0.3, 0.4) is 0 Å². The zero-order chi connectivity index (χ0) is 10.9. The lowest BCUT2D eigenvalue weighted by Gasteiger charge is -2.06. The van der Waals surface area contributed by atoms with Gasteiger partial charge in [0.2, 0.25) is 0 Å². The van der Waals surface area contributed by atoms with Gasteiger partial charge in [-0.2, -0.15) is 18.3 Å². The topological polar surface area (TPSA) is 34.9 Å². The molecule has 0 aliphatic carbocycles. The average Bonchev–Trinajstić information content (AvgIpc) is 2.45. The van der Waals surface area contributed by atoms with Crippen LogP contribution in [0.25, 0.3) is 0 Å². The lowest BCUT2D eigenvalue weighted by atomic mass is 10.3. The molecule has 3 nitrogen and oxygen atoms in total. The molecule has 0 atom stereocenters. The highest BCUT2D eigenvalue weighted by atomic mass is 19.4. The quantitative estimate of drug-likeness (QED) is 0.696. The summed E-state index contributed by atoms with van der Waals surface area (Å²) in [6.07, 6.45) is -4.14. The first-order valence-corrected chi connectivity index (χ1v) is 3.98. The van der Waals surface area contributed by atoms with Gasteiger partial charge in [0.15, 0.2) is 12.0 Å². The Morgan fingerprint density at radius 1 is 1.50 bits per heavy atom. The largest absolute Gasteiger partial charge is 0.435 e. The molecule has 1 aromatic heterocycles. The van der Waals surface area contributed by atoms with Gasteiger partial charge in [0.05, 0.1) is 0 Å². The Morgan fingerprint density at radius 3 is 2.36 bits per heavy atom. The van der Waals surface area contributed by atoms with E-state index in [-0.39, 0.29) is 11.7 Å². The third-order valence-corrected chi connectivity index (χ3v) is 1.66. The van der Waals surface area contributed by atoms with Crippen molar-refractivity contribution in [2.45, 2.75) is 26.1 Å². The number of carbonyl (C=O) groups is 1. The third-order valence-electron chi connectivity index (χ3n) is 1.66. The van der Waals surface area contributed by atoms with Crippen LogP contribution in [-0.4, -0.2) is 16.1 Å². The van der Waals surface area contributed by atoms with Gasteiger partial charge in [-0.25, -0.2) is 0 Å². The summed E-state index contributed by atoms with van der Waals surface area (Å²) < 4.78 is 37.6. The second kappa shape index (κ2) is 3.43. The number of aromatic nitrogens is 2. The van der Waals surface area contributed by atoms with E-state index in [1.165, 1.54) is 0 Å². The van der Waals surface area contributed by atoms with Crippen molar-refractivity contribution in [3.63, 3.8) is 0 Å². The molecule has 0 aliphatic rings. The second-order valence-corrected chi connectivity index (χ2v) is 3.11. The number of carbonyl (C=O) groups excluding carboxylic acids is 1. The van der Waals surface area contributed by atoms with E-state index in [9.17, 15) is 18.0 Å². The van der Waals surface area contributed by atoms with E-state index >= 15 is 0 Å². The summed E-state index contributed by atoms with van der Waals surface area (Å²) in [6, 6.07) is 0.471. The van der Waals surface area contributed by atoms with E-state index in [2.05, 4.69) is 5.10 Å². The molecule has 0 bridgehead atoms. The Labute approximate surface area is 78.5 Å². The van der Waals surface area contributed by atoms with Crippen LogP contribution >= 0.6 is 0 Å². The minimum absolute atomic E-state index is 0.0627. The van der Waals surface area contributed by atoms with Crippen molar-refractivity contribution in [2.75, 3.05) is 0 Å². The highest BCUT2D eigenvalue weighted by molar-refractivity contribution is 5.72. The van der Waals surface area contributed by atoms with Gasteiger partial charge in [-0.1, -0.05) is 0 Å². The van der Waals surface area contributed by atoms with E-state index < -0.39 is 11.9 Å². The fraction of sp³-hybridized carbons (Fsp3) is 0.500. The molecular formula is C8H9F3N2O. The van der Waals surface area contributed by atoms with Gasteiger partial charge in [-0.15, -0.1) is 0 Å². The molecule has 0 saturated carbocycles. The standard InChI is InChI=1S/C8H9F3N2O/c1-5(2)13-6(4-14)3-7(12-13)8(9,10)11/h3-5H,1-2H3. The Morgan fingerprint density at radius 2 is 2.07 bits per heavy atom. The van der Waals surface area contributed by atoms with E-state index in [0.29, 0.717) is 6.29 Å². The number of hydrogen-bond donors (Lipinski definition) is 0. The fourth-order valence-electron chi connectivity index (χ4n) is 1.05. The highest BCUT2D eigenvalue weighted by Gasteiger charge is 2.35. The van der Waals surface area contributed by atoms with Crippen LogP contribution in [0, 0.1) is 0 Å². The maximum atomic E-state index is 12.2. The van der Waals surface area contributed by atoms with Crippen LogP contribution in [-0.2, 0) is 6.18 Å². The molecule has 0 unspecified atom stereocenters. The van der Waals surface area contributed by atoms with Crippen LogP contribution in [0.15, 0.2) is 6.07 Å². The molecule has 1 aromatic rings. The number of nitrogens with zero attached hydrogens (tertiary/aromatic N) is 2. The number of halogens is 3. The molecule has 0 saturated heterocycles. The summed E-state index contributed by atoms with van der Waals surface area (Å²) >= 11 is 0. The average molecular weight is 206 g/mol. The summed E-state index contributed by atoms with van der Waals surface area (Å²) in [6.45, 7) is 3.31. The van der Waals surface area contributed by atoms with Crippen molar-refractivity contribution in [3.8, 4) is 0 Å². The van der Waals surface area contributed by atoms with Crippen molar-refractivity contribution in [3.05, 3.63) is 17.5 Å². The zero-order valence-electron chi connectivity index (χ0n) is 7.67. The summed E-state index contributed by atoms with van der Waals surface area (Å²) in [5.74, 6) is 0. The molecule has 6 heteroatoms. The smallest absolute Gasteiger partial charge is 0.296 e. The number of rotatable bonds is 2. The maximum absolute atomic E-state index is 12.2. The number of aldehydes is 1. The van der Waals surface area contributed by atoms with E-state index in [4.69, 9.17) is 0 Å². The van der Waals surface area contributed by atoms with Crippen molar-refractivity contribution in [2.24, 2.45) is 0 Å². The highest BCUT2D eigenvalue weighted by Crippen LogP contribution is 2.28. The van der Waals surface area contributed by atoms with E-state index in [0.717, 1.165) is 10.7 Å². The van der Waals surface area contributed by atoms with Gasteiger partial charge < -0.3 is 0 Å². The molecular weight excluding hydrogens is 197 g/mol. The van der Waals surface area contributed by atoms with E-state index in [1.807, 2.05) is 0 Å². The number of hydrogen-bond acceptors (Lipinski definition) is 2. The summed E-state index contributed by atoms with van der Waals surface area (Å²) in [5, 5.41) is 3.31. The lowest BCUT2D eigenvalue weighted by Crippen LogP contribution is -2.10. The Balaban J connectivity index is 3.20. The van der Waals surface area contributed by atoms with Gasteiger partial charge in [-0.3, -0.25) is 9.48 Å². The minimum Gasteiger partial charge on any atom is -0.296 e. The van der Waals surface area contributed by atoms with Crippen LogP contribution in [0.5, 0.6) is 0 Å². The normalized spacial score (nSPS) is 12.1.